The van der Waals surface area contributed by atoms with Crippen LogP contribution in [0.3, 0.4) is 0 Å². The topological polar surface area (TPSA) is 9.23 Å². The van der Waals surface area contributed by atoms with Gasteiger partial charge in [0.1, 0.15) is 5.75 Å². The van der Waals surface area contributed by atoms with Gasteiger partial charge in [0, 0.05) is 0 Å². The van der Waals surface area contributed by atoms with E-state index in [1.807, 2.05) is 0 Å². The number of benzene rings is 1. The predicted molar refractivity (Wildman–Crippen MR) is 100 cm³/mol. The summed E-state index contributed by atoms with van der Waals surface area (Å²) in [7, 11) is 1.23. The Hall–Kier alpha value is -0.825. The van der Waals surface area contributed by atoms with Crippen LogP contribution in [0.25, 0.3) is 0 Å². The van der Waals surface area contributed by atoms with Gasteiger partial charge in [-0.15, -0.1) is 0 Å². The van der Waals surface area contributed by atoms with Crippen molar-refractivity contribution in [2.45, 2.75) is 58.3 Å². The van der Waals surface area contributed by atoms with Crippen LogP contribution in [0.2, 0.25) is 0 Å². The highest BCUT2D eigenvalue weighted by Gasteiger charge is 2.52. The van der Waals surface area contributed by atoms with Crippen molar-refractivity contribution >= 4 is 19.0 Å². The van der Waals surface area contributed by atoms with Gasteiger partial charge in [0.15, 0.2) is 0 Å². The summed E-state index contributed by atoms with van der Waals surface area (Å²) in [6.07, 6.45) is 10.3. The van der Waals surface area contributed by atoms with Gasteiger partial charge >= 0.3 is 0 Å². The molecule has 0 spiro atoms. The molecule has 1 aromatic carbocycles. The van der Waals surface area contributed by atoms with Gasteiger partial charge in [0.2, 0.25) is 7.09 Å². The van der Waals surface area contributed by atoms with Crippen LogP contribution in [0, 0.1) is 17.3 Å². The number of allylic oxidation sites excluding steroid dienone is 2. The second-order valence-electron chi connectivity index (χ2n) is 7.76. The molecule has 4 rings (SSSR count). The molecule has 1 nitrogen and oxygen atoms in total. The third kappa shape index (κ3) is 2.38. The molecule has 0 N–H and O–H groups in total. The lowest BCUT2D eigenvalue weighted by molar-refractivity contribution is 0.0813. The Labute approximate surface area is 147 Å². The zero-order valence-electron chi connectivity index (χ0n) is 15.2. The summed E-state index contributed by atoms with van der Waals surface area (Å²) in [6, 6.07) is 6.61. The first-order chi connectivity index (χ1) is 11.7. The minimum atomic E-state index is 0.469. The maximum Gasteiger partial charge on any atom is 0.227 e. The summed E-state index contributed by atoms with van der Waals surface area (Å²) in [6.45, 7) is 4.77. The van der Waals surface area contributed by atoms with Gasteiger partial charge in [-0.2, -0.15) is 0 Å². The second-order valence-corrected chi connectivity index (χ2v) is 8.12. The number of rotatable bonds is 3. The standard InChI is InChI=1S/C20H26BOS/c1-3-14-5-9-19-18-7-4-13-12-15(22-23-21)6-8-16(13)17(18)10-11-20(14,19)2/h3,6,8,12,17-19,21H,4-5,7,9-11H2,1-2H3/b14-3-/i21T. The highest BCUT2D eigenvalue weighted by Crippen LogP contribution is 2.62. The lowest BCUT2D eigenvalue weighted by Crippen LogP contribution is -2.40. The molecule has 1 radical (unpaired) electrons. The van der Waals surface area contributed by atoms with E-state index in [1.54, 1.807) is 11.1 Å². The first-order valence-electron chi connectivity index (χ1n) is 9.57. The maximum absolute atomic E-state index is 7.09. The highest BCUT2D eigenvalue weighted by atomic mass is 32.2. The number of hydrogen-bond acceptors (Lipinski definition) is 2. The molecule has 3 aliphatic rings. The average molecular weight is 327 g/mol. The minimum absolute atomic E-state index is 0.469. The molecule has 0 saturated heterocycles. The molecule has 2 fully saturated rings. The lowest BCUT2D eigenvalue weighted by atomic mass is 9.55. The molecule has 4 atom stereocenters. The Morgan fingerprint density at radius 2 is 2.26 bits per heavy atom. The third-order valence-corrected chi connectivity index (χ3v) is 7.33. The van der Waals surface area contributed by atoms with Crippen molar-refractivity contribution in [2.75, 3.05) is 0 Å². The molecule has 0 heterocycles. The molecular formula is C20H26BOS. The molecule has 4 unspecified atom stereocenters. The van der Waals surface area contributed by atoms with Gasteiger partial charge in [0.25, 0.3) is 0 Å². The summed E-state index contributed by atoms with van der Waals surface area (Å²) >= 11 is 1.08. The fourth-order valence-electron chi connectivity index (χ4n) is 5.99. The van der Waals surface area contributed by atoms with E-state index >= 15 is 0 Å². The Morgan fingerprint density at radius 3 is 3.09 bits per heavy atom. The lowest BCUT2D eigenvalue weighted by Gasteiger charge is -2.49. The zero-order valence-corrected chi connectivity index (χ0v) is 15.0. The van der Waals surface area contributed by atoms with E-state index in [9.17, 15) is 0 Å². The largest absolute Gasteiger partial charge is 0.439 e. The highest BCUT2D eigenvalue weighted by molar-refractivity contribution is 8.16. The summed E-state index contributed by atoms with van der Waals surface area (Å²) in [5, 5.41) is 0. The molecular weight excluding hydrogens is 299 g/mol. The molecule has 0 aliphatic heterocycles. The predicted octanol–water partition coefficient (Wildman–Crippen LogP) is 5.33. The van der Waals surface area contributed by atoms with Gasteiger partial charge in [-0.3, -0.25) is 0 Å². The molecule has 0 aromatic heterocycles. The van der Waals surface area contributed by atoms with E-state index < -0.39 is 0 Å². The van der Waals surface area contributed by atoms with Crippen LogP contribution >= 0.6 is 11.9 Å². The molecule has 3 heteroatoms. The maximum atomic E-state index is 7.09. The zero-order chi connectivity index (χ0) is 16.7. The molecule has 121 valence electrons. The van der Waals surface area contributed by atoms with E-state index in [1.165, 1.54) is 51.2 Å². The average Bonchev–Trinajstić information content (AvgIpc) is 2.95. The Kier molecular flexibility index (Phi) is 3.73. The molecule has 3 aliphatic carbocycles. The van der Waals surface area contributed by atoms with Gasteiger partial charge < -0.3 is 4.18 Å². The first kappa shape index (κ1) is 14.5. The van der Waals surface area contributed by atoms with E-state index in [0.29, 0.717) is 5.41 Å². The van der Waals surface area contributed by atoms with Crippen LogP contribution in [0.1, 0.15) is 63.0 Å². The molecule has 0 amide bonds. The number of aryl methyl sites for hydroxylation is 1. The van der Waals surface area contributed by atoms with Gasteiger partial charge in [0.05, 0.1) is 0 Å². The van der Waals surface area contributed by atoms with Crippen molar-refractivity contribution in [3.8, 4) is 5.75 Å². The summed E-state index contributed by atoms with van der Waals surface area (Å²) in [5.74, 6) is 3.36. The quantitative estimate of drug-likeness (QED) is 0.421. The van der Waals surface area contributed by atoms with Crippen molar-refractivity contribution in [3.63, 3.8) is 0 Å². The summed E-state index contributed by atoms with van der Waals surface area (Å²) in [5.41, 5.74) is 5.25. The monoisotopic (exact) mass is 327 g/mol. The van der Waals surface area contributed by atoms with Gasteiger partial charge in [-0.25, -0.2) is 0 Å². The summed E-state index contributed by atoms with van der Waals surface area (Å²) < 4.78 is 12.6. The fraction of sp³-hybridized carbons (Fsp3) is 0.600. The smallest absolute Gasteiger partial charge is 0.227 e. The van der Waals surface area contributed by atoms with E-state index in [4.69, 9.17) is 5.52 Å². The normalized spacial score (nSPS) is 37.6. The van der Waals surface area contributed by atoms with Crippen molar-refractivity contribution in [1.82, 2.24) is 0 Å². The van der Waals surface area contributed by atoms with E-state index in [-0.39, 0.29) is 0 Å². The Bertz CT molecular complexity index is 661. The van der Waals surface area contributed by atoms with Crippen LogP contribution in [-0.2, 0) is 6.42 Å². The molecule has 23 heavy (non-hydrogen) atoms. The molecule has 0 bridgehead atoms. The summed E-state index contributed by atoms with van der Waals surface area (Å²) in [4.78, 5) is 0. The number of hydrogen-bond donors (Lipinski definition) is 0. The Balaban J connectivity index is 1.61. The van der Waals surface area contributed by atoms with E-state index in [2.05, 4.69) is 38.1 Å². The minimum Gasteiger partial charge on any atom is -0.439 e. The third-order valence-electron chi connectivity index (χ3n) is 7.04. The van der Waals surface area contributed by atoms with Crippen LogP contribution in [0.5, 0.6) is 5.75 Å². The molecule has 2 saturated carbocycles. The fourth-order valence-corrected chi connectivity index (χ4v) is 6.20. The van der Waals surface area contributed by atoms with Crippen molar-refractivity contribution in [1.29, 1.82) is 1.34 Å². The molecule has 1 aromatic rings. The van der Waals surface area contributed by atoms with Crippen LogP contribution in [0.15, 0.2) is 29.8 Å². The number of fused-ring (bicyclic) bond motifs is 5. The van der Waals surface area contributed by atoms with E-state index in [0.717, 1.165) is 35.4 Å². The van der Waals surface area contributed by atoms with Gasteiger partial charge in [-0.1, -0.05) is 24.6 Å². The van der Waals surface area contributed by atoms with Crippen molar-refractivity contribution in [3.05, 3.63) is 41.0 Å². The van der Waals surface area contributed by atoms with Crippen LogP contribution in [-0.4, -0.2) is 8.42 Å². The van der Waals surface area contributed by atoms with Crippen molar-refractivity contribution in [2.24, 2.45) is 17.3 Å². The Morgan fingerprint density at radius 1 is 1.35 bits per heavy atom. The van der Waals surface area contributed by atoms with Crippen molar-refractivity contribution < 1.29 is 4.18 Å². The SMILES string of the molecule is [3H][B]SOc1ccc2c(c1)CCC1C2CCC2(C)/C(=C\C)CCC12. The first-order valence-corrected chi connectivity index (χ1v) is 9.79. The van der Waals surface area contributed by atoms with Gasteiger partial charge in [-0.05, 0) is 105 Å². The second kappa shape index (κ2) is 5.91. The van der Waals surface area contributed by atoms with Crippen LogP contribution in [0.4, 0.5) is 0 Å². The van der Waals surface area contributed by atoms with Crippen LogP contribution < -0.4 is 4.18 Å².